The second kappa shape index (κ2) is 6.02. The minimum absolute atomic E-state index is 0.00269. The fourth-order valence-electron chi connectivity index (χ4n) is 3.59. The third-order valence-electron chi connectivity index (χ3n) is 4.73. The van der Waals surface area contributed by atoms with Gasteiger partial charge in [0, 0.05) is 6.42 Å². The molecule has 2 aliphatic rings. The second-order valence-electron chi connectivity index (χ2n) is 6.16. The van der Waals surface area contributed by atoms with Crippen molar-refractivity contribution in [2.24, 2.45) is 0 Å². The number of benzene rings is 2. The molecular formula is C19H19NO2S. The second-order valence-corrected chi connectivity index (χ2v) is 7.37. The molecule has 2 aromatic carbocycles. The van der Waals surface area contributed by atoms with Crippen molar-refractivity contribution in [1.82, 2.24) is 5.32 Å². The summed E-state index contributed by atoms with van der Waals surface area (Å²) in [5.41, 5.74) is 4.55. The van der Waals surface area contributed by atoms with E-state index in [1.807, 2.05) is 42.5 Å². The molecule has 1 aliphatic carbocycles. The van der Waals surface area contributed by atoms with Gasteiger partial charge in [0.25, 0.3) is 0 Å². The largest absolute Gasteiger partial charge is 0.390 e. The maximum Gasteiger partial charge on any atom is 0.238 e. The molecule has 1 amide bonds. The minimum Gasteiger partial charge on any atom is -0.390 e. The zero-order valence-corrected chi connectivity index (χ0v) is 13.6. The highest BCUT2D eigenvalue weighted by Gasteiger charge is 2.35. The number of fused-ring (bicyclic) bond motifs is 2. The van der Waals surface area contributed by atoms with Crippen LogP contribution in [0, 0.1) is 0 Å². The highest BCUT2D eigenvalue weighted by molar-refractivity contribution is 8.00. The number of aliphatic hydroxyl groups is 1. The lowest BCUT2D eigenvalue weighted by Gasteiger charge is -2.27. The van der Waals surface area contributed by atoms with E-state index in [1.165, 1.54) is 5.56 Å². The van der Waals surface area contributed by atoms with Crippen molar-refractivity contribution >= 4 is 17.7 Å². The smallest absolute Gasteiger partial charge is 0.238 e. The first-order valence-corrected chi connectivity index (χ1v) is 9.04. The lowest BCUT2D eigenvalue weighted by molar-refractivity contribution is -0.122. The third kappa shape index (κ3) is 2.66. The van der Waals surface area contributed by atoms with Gasteiger partial charge in [0.05, 0.1) is 12.1 Å². The standard InChI is InChI=1S/C19H19NO2S/c21-16-11-13-6-2-3-7-14(13)17(16)20-19(22)18-15-8-4-1-5-12(15)9-10-23-18/h1-8,16-18,21H,9-11H2,(H,20,22)/t16-,17-,18-/m1/s1. The summed E-state index contributed by atoms with van der Waals surface area (Å²) in [6, 6.07) is 15.8. The molecule has 0 radical (unpaired) electrons. The van der Waals surface area contributed by atoms with Crippen molar-refractivity contribution in [2.75, 3.05) is 5.75 Å². The van der Waals surface area contributed by atoms with Gasteiger partial charge in [0.1, 0.15) is 5.25 Å². The van der Waals surface area contributed by atoms with Crippen LogP contribution in [0.2, 0.25) is 0 Å². The van der Waals surface area contributed by atoms with Crippen LogP contribution < -0.4 is 5.32 Å². The van der Waals surface area contributed by atoms with Crippen molar-refractivity contribution in [3.63, 3.8) is 0 Å². The van der Waals surface area contributed by atoms with Crippen LogP contribution in [0.15, 0.2) is 48.5 Å². The van der Waals surface area contributed by atoms with E-state index in [-0.39, 0.29) is 17.2 Å². The molecule has 0 fully saturated rings. The predicted octanol–water partition coefficient (Wildman–Crippen LogP) is 2.79. The summed E-state index contributed by atoms with van der Waals surface area (Å²) in [6.07, 6.45) is 1.08. The number of carbonyl (C=O) groups is 1. The Morgan fingerprint density at radius 3 is 2.57 bits per heavy atom. The molecule has 4 rings (SSSR count). The van der Waals surface area contributed by atoms with E-state index in [9.17, 15) is 9.90 Å². The summed E-state index contributed by atoms with van der Waals surface area (Å²) < 4.78 is 0. The van der Waals surface area contributed by atoms with Crippen LogP contribution in [0.5, 0.6) is 0 Å². The van der Waals surface area contributed by atoms with Crippen molar-refractivity contribution in [2.45, 2.75) is 30.2 Å². The van der Waals surface area contributed by atoms with Crippen molar-refractivity contribution in [3.05, 3.63) is 70.8 Å². The van der Waals surface area contributed by atoms with E-state index < -0.39 is 6.10 Å². The van der Waals surface area contributed by atoms with E-state index in [4.69, 9.17) is 0 Å². The summed E-state index contributed by atoms with van der Waals surface area (Å²) in [5.74, 6) is 0.960. The van der Waals surface area contributed by atoms with Crippen LogP contribution in [0.3, 0.4) is 0 Å². The quantitative estimate of drug-likeness (QED) is 0.893. The average Bonchev–Trinajstić information content (AvgIpc) is 2.90. The van der Waals surface area contributed by atoms with E-state index in [0.29, 0.717) is 6.42 Å². The van der Waals surface area contributed by atoms with Crippen LogP contribution >= 0.6 is 11.8 Å². The van der Waals surface area contributed by atoms with Gasteiger partial charge in [-0.15, -0.1) is 11.8 Å². The number of amides is 1. The van der Waals surface area contributed by atoms with Gasteiger partial charge in [-0.05, 0) is 34.4 Å². The Bertz CT molecular complexity index is 746. The Balaban J connectivity index is 1.58. The van der Waals surface area contributed by atoms with Gasteiger partial charge in [-0.2, -0.15) is 0 Å². The minimum atomic E-state index is -0.541. The Kier molecular flexibility index (Phi) is 3.87. The number of carbonyl (C=O) groups excluding carboxylic acids is 1. The Labute approximate surface area is 140 Å². The number of aliphatic hydroxyl groups excluding tert-OH is 1. The first kappa shape index (κ1) is 14.8. The Morgan fingerprint density at radius 2 is 1.74 bits per heavy atom. The summed E-state index contributed by atoms with van der Waals surface area (Å²) in [5, 5.41) is 13.2. The van der Waals surface area contributed by atoms with Gasteiger partial charge in [0.15, 0.2) is 0 Å². The van der Waals surface area contributed by atoms with Crippen molar-refractivity contribution in [3.8, 4) is 0 Å². The third-order valence-corrected chi connectivity index (χ3v) is 5.97. The van der Waals surface area contributed by atoms with Crippen molar-refractivity contribution < 1.29 is 9.90 Å². The molecule has 1 aliphatic heterocycles. The molecule has 4 heteroatoms. The molecule has 3 nitrogen and oxygen atoms in total. The molecule has 2 N–H and O–H groups in total. The number of nitrogens with one attached hydrogen (secondary N) is 1. The SMILES string of the molecule is O=C(N[C@@H]1c2ccccc2C[C@H]1O)[C@@H]1SCCc2ccccc21. The fourth-order valence-corrected chi connectivity index (χ4v) is 4.79. The zero-order valence-electron chi connectivity index (χ0n) is 12.7. The Hall–Kier alpha value is -1.78. The topological polar surface area (TPSA) is 49.3 Å². The monoisotopic (exact) mass is 325 g/mol. The number of hydrogen-bond acceptors (Lipinski definition) is 3. The van der Waals surface area contributed by atoms with Crippen LogP contribution in [0.1, 0.15) is 33.5 Å². The molecule has 0 spiro atoms. The summed E-state index contributed by atoms with van der Waals surface area (Å²) in [7, 11) is 0. The fraction of sp³-hybridized carbons (Fsp3) is 0.316. The summed E-state index contributed by atoms with van der Waals surface area (Å²) in [4.78, 5) is 12.8. The predicted molar refractivity (Wildman–Crippen MR) is 92.4 cm³/mol. The molecular weight excluding hydrogens is 306 g/mol. The van der Waals surface area contributed by atoms with E-state index in [0.717, 1.165) is 28.9 Å². The molecule has 3 atom stereocenters. The zero-order chi connectivity index (χ0) is 15.8. The van der Waals surface area contributed by atoms with Crippen LogP contribution in [0.25, 0.3) is 0 Å². The van der Waals surface area contributed by atoms with Gasteiger partial charge in [0.2, 0.25) is 5.91 Å². The molecule has 0 unspecified atom stereocenters. The molecule has 0 saturated heterocycles. The van der Waals surface area contributed by atoms with E-state index >= 15 is 0 Å². The molecule has 2 aromatic rings. The van der Waals surface area contributed by atoms with Crippen molar-refractivity contribution in [1.29, 1.82) is 0 Å². The number of rotatable bonds is 2. The highest BCUT2D eigenvalue weighted by Crippen LogP contribution is 2.38. The lowest BCUT2D eigenvalue weighted by Crippen LogP contribution is -2.37. The average molecular weight is 325 g/mol. The van der Waals surface area contributed by atoms with Gasteiger partial charge in [-0.25, -0.2) is 0 Å². The number of thioether (sulfide) groups is 1. The maximum absolute atomic E-state index is 12.8. The Morgan fingerprint density at radius 1 is 1.04 bits per heavy atom. The molecule has 0 bridgehead atoms. The van der Waals surface area contributed by atoms with Crippen LogP contribution in [-0.4, -0.2) is 22.9 Å². The van der Waals surface area contributed by atoms with Gasteiger partial charge >= 0.3 is 0 Å². The van der Waals surface area contributed by atoms with Gasteiger partial charge in [-0.1, -0.05) is 48.5 Å². The molecule has 23 heavy (non-hydrogen) atoms. The maximum atomic E-state index is 12.8. The van der Waals surface area contributed by atoms with Gasteiger partial charge in [-0.3, -0.25) is 4.79 Å². The lowest BCUT2D eigenvalue weighted by atomic mass is 10.0. The summed E-state index contributed by atoms with van der Waals surface area (Å²) in [6.45, 7) is 0. The first-order valence-electron chi connectivity index (χ1n) is 7.99. The molecule has 1 heterocycles. The van der Waals surface area contributed by atoms with Crippen LogP contribution in [-0.2, 0) is 17.6 Å². The van der Waals surface area contributed by atoms with Gasteiger partial charge < -0.3 is 10.4 Å². The number of hydrogen-bond donors (Lipinski definition) is 2. The number of aryl methyl sites for hydroxylation is 1. The normalized spacial score (nSPS) is 25.5. The first-order chi connectivity index (χ1) is 11.2. The van der Waals surface area contributed by atoms with E-state index in [2.05, 4.69) is 11.4 Å². The van der Waals surface area contributed by atoms with E-state index in [1.54, 1.807) is 11.8 Å². The highest BCUT2D eigenvalue weighted by atomic mass is 32.2. The van der Waals surface area contributed by atoms with Crippen LogP contribution in [0.4, 0.5) is 0 Å². The molecule has 0 saturated carbocycles. The molecule has 118 valence electrons. The molecule has 0 aromatic heterocycles. The summed E-state index contributed by atoms with van der Waals surface area (Å²) >= 11 is 1.69.